The molecule has 17 heavy (non-hydrogen) atoms. The zero-order valence-corrected chi connectivity index (χ0v) is 10.0. The normalized spacial score (nSPS) is 25.4. The standard InChI is InChI=1S/C13H17F2NO/c1-8(16-12-6-13(7-12)17-2)9-3-10(14)5-11(15)4-9/h3-5,8,12-13,16H,6-7H2,1-2H3. The highest BCUT2D eigenvalue weighted by Crippen LogP contribution is 2.26. The number of rotatable bonds is 4. The minimum atomic E-state index is -0.531. The van der Waals surface area contributed by atoms with E-state index in [1.807, 2.05) is 6.92 Å². The zero-order chi connectivity index (χ0) is 12.4. The summed E-state index contributed by atoms with van der Waals surface area (Å²) in [6, 6.07) is 3.95. The Hall–Kier alpha value is -1.00. The van der Waals surface area contributed by atoms with Crippen LogP contribution in [-0.4, -0.2) is 19.3 Å². The van der Waals surface area contributed by atoms with Crippen LogP contribution in [0.3, 0.4) is 0 Å². The van der Waals surface area contributed by atoms with Crippen LogP contribution in [0.2, 0.25) is 0 Å². The van der Waals surface area contributed by atoms with Gasteiger partial charge in [0.2, 0.25) is 0 Å². The summed E-state index contributed by atoms with van der Waals surface area (Å²) in [7, 11) is 1.70. The van der Waals surface area contributed by atoms with Crippen LogP contribution in [-0.2, 0) is 4.74 Å². The van der Waals surface area contributed by atoms with Crippen molar-refractivity contribution in [1.82, 2.24) is 5.32 Å². The third kappa shape index (κ3) is 3.01. The lowest BCUT2D eigenvalue weighted by molar-refractivity contribution is 0.0147. The highest BCUT2D eigenvalue weighted by Gasteiger charge is 2.29. The number of methoxy groups -OCH3 is 1. The van der Waals surface area contributed by atoms with Crippen molar-refractivity contribution in [2.75, 3.05) is 7.11 Å². The highest BCUT2D eigenvalue weighted by molar-refractivity contribution is 5.21. The van der Waals surface area contributed by atoms with E-state index in [0.717, 1.165) is 18.9 Å². The fraction of sp³-hybridized carbons (Fsp3) is 0.538. The molecule has 1 fully saturated rings. The molecule has 1 saturated carbocycles. The Morgan fingerprint density at radius 2 is 1.82 bits per heavy atom. The largest absolute Gasteiger partial charge is 0.381 e. The molecule has 1 aromatic carbocycles. The van der Waals surface area contributed by atoms with E-state index in [-0.39, 0.29) is 6.04 Å². The molecule has 2 nitrogen and oxygen atoms in total. The van der Waals surface area contributed by atoms with Gasteiger partial charge in [0.15, 0.2) is 0 Å². The lowest BCUT2D eigenvalue weighted by atomic mass is 9.88. The van der Waals surface area contributed by atoms with Crippen LogP contribution in [0.25, 0.3) is 0 Å². The molecule has 1 aliphatic carbocycles. The van der Waals surface area contributed by atoms with E-state index in [0.29, 0.717) is 17.7 Å². The average Bonchev–Trinajstić information content (AvgIpc) is 2.21. The minimum absolute atomic E-state index is 0.0528. The second-order valence-electron chi connectivity index (χ2n) is 4.62. The number of nitrogens with one attached hydrogen (secondary N) is 1. The first kappa shape index (κ1) is 12.5. The molecule has 0 aliphatic heterocycles. The summed E-state index contributed by atoms with van der Waals surface area (Å²) in [6.45, 7) is 1.91. The van der Waals surface area contributed by atoms with Gasteiger partial charge in [0.25, 0.3) is 0 Å². The first-order valence-electron chi connectivity index (χ1n) is 5.83. The fourth-order valence-electron chi connectivity index (χ4n) is 2.17. The summed E-state index contributed by atoms with van der Waals surface area (Å²) < 4.78 is 31.3. The SMILES string of the molecule is COC1CC(NC(C)c2cc(F)cc(F)c2)C1. The molecule has 0 bridgehead atoms. The molecule has 1 unspecified atom stereocenters. The van der Waals surface area contributed by atoms with E-state index >= 15 is 0 Å². The molecule has 0 aromatic heterocycles. The fourth-order valence-corrected chi connectivity index (χ4v) is 2.17. The molecule has 1 N–H and O–H groups in total. The van der Waals surface area contributed by atoms with Crippen LogP contribution in [0, 0.1) is 11.6 Å². The van der Waals surface area contributed by atoms with Gasteiger partial charge in [0.1, 0.15) is 11.6 Å². The number of ether oxygens (including phenoxy) is 1. The van der Waals surface area contributed by atoms with Gasteiger partial charge in [-0.05, 0) is 37.5 Å². The molecule has 0 spiro atoms. The summed E-state index contributed by atoms with van der Waals surface area (Å²) in [6.07, 6.45) is 2.24. The van der Waals surface area contributed by atoms with E-state index in [4.69, 9.17) is 4.74 Å². The van der Waals surface area contributed by atoms with E-state index in [1.165, 1.54) is 12.1 Å². The maximum Gasteiger partial charge on any atom is 0.126 e. The van der Waals surface area contributed by atoms with Crippen LogP contribution in [0.1, 0.15) is 31.4 Å². The van der Waals surface area contributed by atoms with Crippen LogP contribution < -0.4 is 5.32 Å². The van der Waals surface area contributed by atoms with Gasteiger partial charge in [-0.2, -0.15) is 0 Å². The van der Waals surface area contributed by atoms with E-state index < -0.39 is 11.6 Å². The summed E-state index contributed by atoms with van der Waals surface area (Å²) >= 11 is 0. The molecule has 0 amide bonds. The first-order valence-corrected chi connectivity index (χ1v) is 5.83. The van der Waals surface area contributed by atoms with Crippen LogP contribution >= 0.6 is 0 Å². The average molecular weight is 241 g/mol. The molecule has 2 rings (SSSR count). The van der Waals surface area contributed by atoms with E-state index in [1.54, 1.807) is 7.11 Å². The summed E-state index contributed by atoms with van der Waals surface area (Å²) in [4.78, 5) is 0. The molecule has 94 valence electrons. The van der Waals surface area contributed by atoms with Gasteiger partial charge in [0, 0.05) is 25.3 Å². The van der Waals surface area contributed by atoms with Crippen molar-refractivity contribution in [3.05, 3.63) is 35.4 Å². The Bertz CT molecular complexity index is 371. The van der Waals surface area contributed by atoms with Gasteiger partial charge in [-0.25, -0.2) is 8.78 Å². The molecule has 4 heteroatoms. The smallest absolute Gasteiger partial charge is 0.126 e. The number of hydrogen-bond donors (Lipinski definition) is 1. The Labute approximate surface area is 100.0 Å². The molecule has 0 radical (unpaired) electrons. The third-order valence-electron chi connectivity index (χ3n) is 3.30. The number of halogens is 2. The van der Waals surface area contributed by atoms with Gasteiger partial charge < -0.3 is 10.1 Å². The lowest BCUT2D eigenvalue weighted by Gasteiger charge is -2.36. The van der Waals surface area contributed by atoms with Crippen LogP contribution in [0.5, 0.6) is 0 Å². The maximum absolute atomic E-state index is 13.1. The minimum Gasteiger partial charge on any atom is -0.381 e. The van der Waals surface area contributed by atoms with Crippen molar-refractivity contribution in [3.63, 3.8) is 0 Å². The third-order valence-corrected chi connectivity index (χ3v) is 3.30. The Morgan fingerprint density at radius 1 is 1.24 bits per heavy atom. The van der Waals surface area contributed by atoms with Gasteiger partial charge in [-0.3, -0.25) is 0 Å². The van der Waals surface area contributed by atoms with Crippen molar-refractivity contribution in [1.29, 1.82) is 0 Å². The topological polar surface area (TPSA) is 21.3 Å². The maximum atomic E-state index is 13.1. The van der Waals surface area contributed by atoms with Crippen molar-refractivity contribution in [3.8, 4) is 0 Å². The molecule has 0 heterocycles. The van der Waals surface area contributed by atoms with Gasteiger partial charge >= 0.3 is 0 Å². The first-order chi connectivity index (χ1) is 8.08. The molecule has 1 aromatic rings. The molecule has 1 aliphatic rings. The van der Waals surface area contributed by atoms with E-state index in [9.17, 15) is 8.78 Å². The number of hydrogen-bond acceptors (Lipinski definition) is 2. The van der Waals surface area contributed by atoms with Crippen LogP contribution in [0.15, 0.2) is 18.2 Å². The van der Waals surface area contributed by atoms with E-state index in [2.05, 4.69) is 5.32 Å². The van der Waals surface area contributed by atoms with Crippen molar-refractivity contribution < 1.29 is 13.5 Å². The van der Waals surface area contributed by atoms with Gasteiger partial charge in [-0.15, -0.1) is 0 Å². The molecule has 1 atom stereocenters. The van der Waals surface area contributed by atoms with Crippen molar-refractivity contribution >= 4 is 0 Å². The summed E-state index contributed by atoms with van der Waals surface area (Å²) in [5, 5.41) is 3.34. The molecular formula is C13H17F2NO. The van der Waals surface area contributed by atoms with Gasteiger partial charge in [-0.1, -0.05) is 0 Å². The Morgan fingerprint density at radius 3 is 2.35 bits per heavy atom. The zero-order valence-electron chi connectivity index (χ0n) is 10.0. The predicted octanol–water partition coefficient (Wildman–Crippen LogP) is 2.79. The quantitative estimate of drug-likeness (QED) is 0.875. The molecule has 0 saturated heterocycles. The summed E-state index contributed by atoms with van der Waals surface area (Å²) in [5.74, 6) is -1.06. The molecular weight excluding hydrogens is 224 g/mol. The van der Waals surface area contributed by atoms with Crippen molar-refractivity contribution in [2.24, 2.45) is 0 Å². The Kier molecular flexibility index (Phi) is 3.74. The second-order valence-corrected chi connectivity index (χ2v) is 4.62. The van der Waals surface area contributed by atoms with Gasteiger partial charge in [0.05, 0.1) is 6.10 Å². The highest BCUT2D eigenvalue weighted by atomic mass is 19.1. The Balaban J connectivity index is 1.93. The monoisotopic (exact) mass is 241 g/mol. The lowest BCUT2D eigenvalue weighted by Crippen LogP contribution is -2.45. The summed E-state index contributed by atoms with van der Waals surface area (Å²) in [5.41, 5.74) is 0.642. The van der Waals surface area contributed by atoms with Crippen molar-refractivity contribution in [2.45, 2.75) is 38.0 Å². The van der Waals surface area contributed by atoms with Crippen LogP contribution in [0.4, 0.5) is 8.78 Å². The second kappa shape index (κ2) is 5.10. The predicted molar refractivity (Wildman–Crippen MR) is 61.7 cm³/mol. The number of benzene rings is 1.